The predicted molar refractivity (Wildman–Crippen MR) is 159 cm³/mol. The van der Waals surface area contributed by atoms with E-state index in [-0.39, 0.29) is 17.8 Å². The highest BCUT2D eigenvalue weighted by atomic mass is 19.4. The molecule has 0 aliphatic rings. The van der Waals surface area contributed by atoms with Crippen molar-refractivity contribution in [1.82, 2.24) is 14.5 Å². The number of methoxy groups -OCH3 is 1. The molecule has 1 N–H and O–H groups in total. The van der Waals surface area contributed by atoms with Gasteiger partial charge in [0.25, 0.3) is 5.56 Å². The van der Waals surface area contributed by atoms with E-state index in [9.17, 15) is 22.8 Å². The Balaban J connectivity index is 1.65. The minimum Gasteiger partial charge on any atom is -0.497 e. The number of rotatable bonds is 8. The van der Waals surface area contributed by atoms with Gasteiger partial charge in [0.2, 0.25) is 0 Å². The number of halogens is 3. The quantitative estimate of drug-likeness (QED) is 0.203. The smallest absolute Gasteiger partial charge is 0.416 e. The van der Waals surface area contributed by atoms with Crippen molar-refractivity contribution in [3.63, 3.8) is 0 Å². The van der Waals surface area contributed by atoms with Crippen LogP contribution in [-0.4, -0.2) is 27.6 Å². The summed E-state index contributed by atoms with van der Waals surface area (Å²) in [7, 11) is 1.54. The number of aromatic nitrogens is 2. The number of ether oxygens (including phenoxy) is 1. The third-order valence-corrected chi connectivity index (χ3v) is 7.09. The molecule has 1 atom stereocenters. The first kappa shape index (κ1) is 29.4. The van der Waals surface area contributed by atoms with Crippen LogP contribution < -0.4 is 15.6 Å². The lowest BCUT2D eigenvalue weighted by atomic mass is 10.1. The Labute approximate surface area is 246 Å². The van der Waals surface area contributed by atoms with Crippen molar-refractivity contribution >= 4 is 22.6 Å². The zero-order valence-corrected chi connectivity index (χ0v) is 23.5. The van der Waals surface area contributed by atoms with Crippen LogP contribution in [0.4, 0.5) is 23.7 Å². The molecule has 0 aliphatic carbocycles. The van der Waals surface area contributed by atoms with Crippen molar-refractivity contribution < 1.29 is 22.7 Å². The number of hydrogen-bond acceptors (Lipinski definition) is 4. The van der Waals surface area contributed by atoms with Gasteiger partial charge in [-0.25, -0.2) is 9.78 Å². The van der Waals surface area contributed by atoms with Gasteiger partial charge in [-0.15, -0.1) is 0 Å². The van der Waals surface area contributed by atoms with Crippen LogP contribution in [0.1, 0.15) is 36.3 Å². The standard InChI is InChI=1S/C33H29F3N4O3/c1-3-29(30-38-28-15-8-7-14-27(28)31(41)40(30)25-16-18-26(43-2)19-17-25)39(21-22-10-5-4-6-11-22)32(42)37-24-13-9-12-23(20-24)33(34,35)36/h4-20,29H,3,21H2,1-2H3,(H,37,42). The maximum absolute atomic E-state index is 14.0. The normalized spacial score (nSPS) is 12.1. The van der Waals surface area contributed by atoms with Gasteiger partial charge in [-0.3, -0.25) is 9.36 Å². The fourth-order valence-corrected chi connectivity index (χ4v) is 4.97. The van der Waals surface area contributed by atoms with Crippen LogP contribution in [0.5, 0.6) is 5.75 Å². The summed E-state index contributed by atoms with van der Waals surface area (Å²) in [5.74, 6) is 0.914. The topological polar surface area (TPSA) is 76.5 Å². The minimum absolute atomic E-state index is 0.00763. The van der Waals surface area contributed by atoms with Crippen LogP contribution in [-0.2, 0) is 12.7 Å². The van der Waals surface area contributed by atoms with Gasteiger partial charge in [0.05, 0.1) is 35.3 Å². The Morgan fingerprint density at radius 1 is 0.953 bits per heavy atom. The van der Waals surface area contributed by atoms with Gasteiger partial charge in [-0.2, -0.15) is 13.2 Å². The molecule has 0 spiro atoms. The van der Waals surface area contributed by atoms with Crippen molar-refractivity contribution in [1.29, 1.82) is 0 Å². The van der Waals surface area contributed by atoms with Crippen molar-refractivity contribution in [2.24, 2.45) is 0 Å². The molecule has 1 heterocycles. The second-order valence-electron chi connectivity index (χ2n) is 9.87. The summed E-state index contributed by atoms with van der Waals surface area (Å²) < 4.78 is 47.0. The van der Waals surface area contributed by atoms with Gasteiger partial charge in [-0.1, -0.05) is 55.5 Å². The Bertz CT molecular complexity index is 1790. The van der Waals surface area contributed by atoms with E-state index < -0.39 is 23.8 Å². The highest BCUT2D eigenvalue weighted by Gasteiger charge is 2.32. The minimum atomic E-state index is -4.57. The van der Waals surface area contributed by atoms with Gasteiger partial charge in [0.1, 0.15) is 11.6 Å². The number of anilines is 1. The number of fused-ring (bicyclic) bond motifs is 1. The molecular weight excluding hydrogens is 557 g/mol. The second kappa shape index (κ2) is 12.4. The van der Waals surface area contributed by atoms with E-state index >= 15 is 0 Å². The Hall–Kier alpha value is -5.12. The molecule has 10 heteroatoms. The molecule has 0 fully saturated rings. The number of carbonyl (C=O) groups is 1. The number of amides is 2. The number of nitrogens with zero attached hydrogens (tertiary/aromatic N) is 3. The van der Waals surface area contributed by atoms with Crippen molar-refractivity contribution in [3.8, 4) is 11.4 Å². The molecular formula is C33H29F3N4O3. The molecule has 2 amide bonds. The Morgan fingerprint density at radius 3 is 2.33 bits per heavy atom. The third kappa shape index (κ3) is 6.38. The van der Waals surface area contributed by atoms with Gasteiger partial charge < -0.3 is 15.0 Å². The van der Waals surface area contributed by atoms with E-state index in [0.717, 1.165) is 17.7 Å². The summed E-state index contributed by atoms with van der Waals surface area (Å²) >= 11 is 0. The Kier molecular flexibility index (Phi) is 8.47. The van der Waals surface area contributed by atoms with Gasteiger partial charge in [0, 0.05) is 12.2 Å². The van der Waals surface area contributed by atoms with Crippen LogP contribution in [0.2, 0.25) is 0 Å². The number of nitrogens with one attached hydrogen (secondary N) is 1. The van der Waals surface area contributed by atoms with Crippen LogP contribution in [0.25, 0.3) is 16.6 Å². The maximum Gasteiger partial charge on any atom is 0.416 e. The molecule has 43 heavy (non-hydrogen) atoms. The average Bonchev–Trinajstić information content (AvgIpc) is 3.01. The SMILES string of the molecule is CCC(c1nc2ccccc2c(=O)n1-c1ccc(OC)cc1)N(Cc1ccccc1)C(=O)Nc1cccc(C(F)(F)F)c1. The van der Waals surface area contributed by atoms with Crippen molar-refractivity contribution in [3.05, 3.63) is 130 Å². The van der Waals surface area contributed by atoms with Crippen LogP contribution in [0.15, 0.2) is 108 Å². The number of benzene rings is 4. The van der Waals surface area contributed by atoms with Crippen LogP contribution in [0.3, 0.4) is 0 Å². The summed E-state index contributed by atoms with van der Waals surface area (Å²) in [5, 5.41) is 3.04. The number of urea groups is 1. The lowest BCUT2D eigenvalue weighted by Gasteiger charge is -2.32. The van der Waals surface area contributed by atoms with Gasteiger partial charge in [-0.05, 0) is 66.6 Å². The average molecular weight is 587 g/mol. The van der Waals surface area contributed by atoms with E-state index in [0.29, 0.717) is 34.6 Å². The lowest BCUT2D eigenvalue weighted by molar-refractivity contribution is -0.137. The van der Waals surface area contributed by atoms with Gasteiger partial charge >= 0.3 is 12.2 Å². The monoisotopic (exact) mass is 586 g/mol. The van der Waals surface area contributed by atoms with E-state index in [4.69, 9.17) is 9.72 Å². The van der Waals surface area contributed by atoms with Crippen molar-refractivity contribution in [2.45, 2.75) is 32.1 Å². The fraction of sp³-hybridized carbons (Fsp3) is 0.182. The lowest BCUT2D eigenvalue weighted by Crippen LogP contribution is -2.40. The molecule has 0 bridgehead atoms. The van der Waals surface area contributed by atoms with E-state index in [2.05, 4.69) is 5.32 Å². The van der Waals surface area contributed by atoms with Gasteiger partial charge in [0.15, 0.2) is 0 Å². The van der Waals surface area contributed by atoms with Crippen molar-refractivity contribution in [2.75, 3.05) is 12.4 Å². The number of hydrogen-bond donors (Lipinski definition) is 1. The van der Waals surface area contributed by atoms with E-state index in [1.165, 1.54) is 21.6 Å². The molecule has 0 aliphatic heterocycles. The zero-order chi connectivity index (χ0) is 30.6. The second-order valence-corrected chi connectivity index (χ2v) is 9.87. The predicted octanol–water partition coefficient (Wildman–Crippen LogP) is 7.60. The fourth-order valence-electron chi connectivity index (χ4n) is 4.97. The number of carbonyl (C=O) groups excluding carboxylic acids is 1. The number of para-hydroxylation sites is 1. The molecule has 5 aromatic rings. The maximum atomic E-state index is 14.0. The zero-order valence-electron chi connectivity index (χ0n) is 23.5. The molecule has 220 valence electrons. The largest absolute Gasteiger partial charge is 0.497 e. The highest BCUT2D eigenvalue weighted by molar-refractivity contribution is 5.89. The summed E-state index contributed by atoms with van der Waals surface area (Å²) in [4.78, 5) is 34.3. The van der Waals surface area contributed by atoms with E-state index in [1.54, 1.807) is 55.6 Å². The first-order valence-corrected chi connectivity index (χ1v) is 13.6. The highest BCUT2D eigenvalue weighted by Crippen LogP contribution is 2.32. The molecule has 7 nitrogen and oxygen atoms in total. The molecule has 5 rings (SSSR count). The first-order chi connectivity index (χ1) is 20.7. The molecule has 1 aromatic heterocycles. The summed E-state index contributed by atoms with van der Waals surface area (Å²) in [5.41, 5.74) is 0.573. The molecule has 1 unspecified atom stereocenters. The molecule has 0 radical (unpaired) electrons. The summed E-state index contributed by atoms with van der Waals surface area (Å²) in [6.45, 7) is 1.97. The summed E-state index contributed by atoms with van der Waals surface area (Å²) in [6, 6.07) is 26.2. The third-order valence-electron chi connectivity index (χ3n) is 7.09. The summed E-state index contributed by atoms with van der Waals surface area (Å²) in [6.07, 6.45) is -4.22. The number of alkyl halides is 3. The molecule has 0 saturated heterocycles. The van der Waals surface area contributed by atoms with E-state index in [1.807, 2.05) is 37.3 Å². The van der Waals surface area contributed by atoms with Crippen LogP contribution >= 0.6 is 0 Å². The first-order valence-electron chi connectivity index (χ1n) is 13.6. The Morgan fingerprint density at radius 2 is 1.65 bits per heavy atom. The molecule has 4 aromatic carbocycles. The molecule has 0 saturated carbocycles. The van der Waals surface area contributed by atoms with Crippen LogP contribution in [0, 0.1) is 0 Å².